The van der Waals surface area contributed by atoms with Crippen molar-refractivity contribution in [2.75, 3.05) is 14.2 Å². The lowest BCUT2D eigenvalue weighted by Gasteiger charge is -2.27. The van der Waals surface area contributed by atoms with E-state index in [0.717, 1.165) is 37.3 Å². The molecule has 0 saturated heterocycles. The van der Waals surface area contributed by atoms with Crippen molar-refractivity contribution >= 4 is 40.7 Å². The molecule has 0 radical (unpaired) electrons. The Labute approximate surface area is 210 Å². The molecule has 36 heavy (non-hydrogen) atoms. The number of benzene rings is 2. The number of esters is 2. The first kappa shape index (κ1) is 25.1. The Morgan fingerprint density at radius 1 is 1.11 bits per heavy atom. The molecule has 0 spiro atoms. The van der Waals surface area contributed by atoms with Crippen molar-refractivity contribution < 1.29 is 33.1 Å². The molecule has 1 aliphatic heterocycles. The van der Waals surface area contributed by atoms with Crippen LogP contribution in [0.4, 0.5) is 10.1 Å². The van der Waals surface area contributed by atoms with Crippen molar-refractivity contribution in [3.63, 3.8) is 0 Å². The molecule has 4 rings (SSSR count). The van der Waals surface area contributed by atoms with Gasteiger partial charge in [-0.1, -0.05) is 35.2 Å². The molecular weight excluding hydrogens is 515 g/mol. The van der Waals surface area contributed by atoms with Gasteiger partial charge in [-0.25, -0.2) is 14.0 Å². The van der Waals surface area contributed by atoms with E-state index in [1.54, 1.807) is 0 Å². The molecule has 2 aromatic carbocycles. The number of aromatic nitrogens is 1. The topological polar surface area (TPSA) is 138 Å². The van der Waals surface area contributed by atoms with Crippen LogP contribution in [0.3, 0.4) is 0 Å². The van der Waals surface area contributed by atoms with Crippen LogP contribution in [0.15, 0.2) is 62.8 Å². The van der Waals surface area contributed by atoms with E-state index in [2.05, 4.69) is 4.98 Å². The van der Waals surface area contributed by atoms with Gasteiger partial charge in [0.2, 0.25) is 0 Å². The standard InChI is InChI=1S/C23H17FN2O8S2/c1-32-21(27)17-16(18-20(25-23(29)36-18)35-19(17)22(28)33-2)14-9-13(26(30)31)7-8-15(14)34-10-11-3-5-12(24)6-4-11/h3-9,16H,10H2,1-2H3,(H,25,29)/t16-/m0/s1. The molecule has 13 heteroatoms. The second kappa shape index (κ2) is 10.3. The molecule has 0 saturated carbocycles. The maximum Gasteiger partial charge on any atom is 0.345 e. The number of nitro benzene ring substituents is 1. The summed E-state index contributed by atoms with van der Waals surface area (Å²) in [5.74, 6) is -3.11. The largest absolute Gasteiger partial charge is 0.489 e. The number of thiazole rings is 1. The number of hydrogen-bond acceptors (Lipinski definition) is 10. The molecule has 0 bridgehead atoms. The molecule has 0 fully saturated rings. The number of nitro groups is 1. The van der Waals surface area contributed by atoms with Gasteiger partial charge in [0, 0.05) is 17.7 Å². The van der Waals surface area contributed by atoms with Gasteiger partial charge in [-0.05, 0) is 23.8 Å². The van der Waals surface area contributed by atoms with E-state index < -0.39 is 33.5 Å². The number of rotatable bonds is 7. The predicted octanol–water partition coefficient (Wildman–Crippen LogP) is 3.90. The van der Waals surface area contributed by atoms with E-state index in [4.69, 9.17) is 14.2 Å². The third-order valence-corrected chi connectivity index (χ3v) is 7.43. The zero-order valence-electron chi connectivity index (χ0n) is 18.7. The first-order chi connectivity index (χ1) is 17.2. The summed E-state index contributed by atoms with van der Waals surface area (Å²) in [6.07, 6.45) is 0. The first-order valence-corrected chi connectivity index (χ1v) is 11.8. The third kappa shape index (κ3) is 4.88. The van der Waals surface area contributed by atoms with Crippen molar-refractivity contribution in [1.29, 1.82) is 0 Å². The molecule has 186 valence electrons. The molecule has 1 aliphatic rings. The maximum atomic E-state index is 13.3. The van der Waals surface area contributed by atoms with Gasteiger partial charge in [0.1, 0.15) is 23.1 Å². The summed E-state index contributed by atoms with van der Waals surface area (Å²) in [6.45, 7) is -0.0239. The number of non-ortho nitro benzene ring substituents is 1. The second-order valence-electron chi connectivity index (χ2n) is 7.36. The van der Waals surface area contributed by atoms with Crippen LogP contribution in [0.2, 0.25) is 0 Å². The van der Waals surface area contributed by atoms with Crippen molar-refractivity contribution in [2.45, 2.75) is 17.6 Å². The zero-order valence-corrected chi connectivity index (χ0v) is 20.4. The normalized spacial score (nSPS) is 14.7. The number of carbonyl (C=O) groups is 2. The predicted molar refractivity (Wildman–Crippen MR) is 128 cm³/mol. The quantitative estimate of drug-likeness (QED) is 0.273. The minimum atomic E-state index is -1.12. The van der Waals surface area contributed by atoms with E-state index in [1.807, 2.05) is 0 Å². The first-order valence-electron chi connectivity index (χ1n) is 10.2. The molecule has 0 unspecified atom stereocenters. The molecule has 10 nitrogen and oxygen atoms in total. The highest BCUT2D eigenvalue weighted by molar-refractivity contribution is 8.04. The van der Waals surface area contributed by atoms with Crippen LogP contribution >= 0.6 is 23.1 Å². The van der Waals surface area contributed by atoms with Gasteiger partial charge < -0.3 is 19.2 Å². The average Bonchev–Trinajstić information content (AvgIpc) is 3.25. The fraction of sp³-hybridized carbons (Fsp3) is 0.174. The molecule has 0 aliphatic carbocycles. The fourth-order valence-corrected chi connectivity index (χ4v) is 5.84. The fourth-order valence-electron chi connectivity index (χ4n) is 3.62. The van der Waals surface area contributed by atoms with Crippen molar-refractivity contribution in [1.82, 2.24) is 4.98 Å². The maximum absolute atomic E-state index is 13.3. The summed E-state index contributed by atoms with van der Waals surface area (Å²) >= 11 is 1.63. The number of ether oxygens (including phenoxy) is 3. The van der Waals surface area contributed by atoms with Crippen LogP contribution in [0.25, 0.3) is 0 Å². The number of H-pyrrole nitrogens is 1. The van der Waals surface area contributed by atoms with E-state index >= 15 is 0 Å². The zero-order chi connectivity index (χ0) is 26.0. The van der Waals surface area contributed by atoms with Gasteiger partial charge in [0.15, 0.2) is 0 Å². The highest BCUT2D eigenvalue weighted by Crippen LogP contribution is 2.51. The molecule has 3 aromatic rings. The molecule has 1 N–H and O–H groups in total. The SMILES string of the molecule is COC(=O)C1=C(C(=O)OC)[C@H](c2cc([N+](=O)[O-])ccc2OCc2ccc(F)cc2)c2sc(=O)[nH]c2S1. The number of fused-ring (bicyclic) bond motifs is 1. The van der Waals surface area contributed by atoms with Gasteiger partial charge in [-0.3, -0.25) is 14.9 Å². The minimum Gasteiger partial charge on any atom is -0.489 e. The van der Waals surface area contributed by atoms with Crippen LogP contribution in [0.1, 0.15) is 21.9 Å². The van der Waals surface area contributed by atoms with E-state index in [0.29, 0.717) is 15.5 Å². The summed E-state index contributed by atoms with van der Waals surface area (Å²) in [5, 5.41) is 11.9. The number of carbonyl (C=O) groups excluding carboxylic acids is 2. The Morgan fingerprint density at radius 2 is 1.81 bits per heavy atom. The monoisotopic (exact) mass is 532 g/mol. The van der Waals surface area contributed by atoms with E-state index in [1.165, 1.54) is 42.5 Å². The molecule has 1 atom stereocenters. The Balaban J connectivity index is 1.92. The number of nitrogens with zero attached hydrogens (tertiary/aromatic N) is 1. The van der Waals surface area contributed by atoms with Crippen molar-refractivity contribution in [3.8, 4) is 5.75 Å². The molecule has 0 amide bonds. The Bertz CT molecular complexity index is 1450. The Hall–Kier alpha value is -3.97. The average molecular weight is 533 g/mol. The number of thioether (sulfide) groups is 1. The highest BCUT2D eigenvalue weighted by Gasteiger charge is 2.41. The van der Waals surface area contributed by atoms with Gasteiger partial charge in [-0.15, -0.1) is 0 Å². The van der Waals surface area contributed by atoms with Crippen LogP contribution in [0, 0.1) is 15.9 Å². The second-order valence-corrected chi connectivity index (χ2v) is 9.40. The summed E-state index contributed by atoms with van der Waals surface area (Å²) < 4.78 is 29.0. The lowest BCUT2D eigenvalue weighted by atomic mass is 9.88. The minimum absolute atomic E-state index is 0.0239. The van der Waals surface area contributed by atoms with Crippen molar-refractivity contribution in [3.05, 3.63) is 94.5 Å². The number of halogens is 1. The number of hydrogen-bond donors (Lipinski definition) is 1. The molecular formula is C23H17FN2O8S2. The van der Waals surface area contributed by atoms with E-state index in [9.17, 15) is 28.9 Å². The van der Waals surface area contributed by atoms with Crippen LogP contribution < -0.4 is 9.61 Å². The summed E-state index contributed by atoms with van der Waals surface area (Å²) in [4.78, 5) is 51.2. The van der Waals surface area contributed by atoms with Crippen molar-refractivity contribution in [2.24, 2.45) is 0 Å². The lowest BCUT2D eigenvalue weighted by molar-refractivity contribution is -0.384. The van der Waals surface area contributed by atoms with Gasteiger partial charge in [0.05, 0.1) is 40.5 Å². The smallest absolute Gasteiger partial charge is 0.345 e. The summed E-state index contributed by atoms with van der Waals surface area (Å²) in [6, 6.07) is 9.36. The molecule has 2 heterocycles. The summed E-state index contributed by atoms with van der Waals surface area (Å²) in [7, 11) is 2.26. The Kier molecular flexibility index (Phi) is 7.22. The van der Waals surface area contributed by atoms with Crippen LogP contribution in [-0.4, -0.2) is 36.1 Å². The van der Waals surface area contributed by atoms with E-state index in [-0.39, 0.29) is 34.1 Å². The van der Waals surface area contributed by atoms with Gasteiger partial charge in [0.25, 0.3) is 5.69 Å². The molecule has 1 aromatic heterocycles. The number of aromatic amines is 1. The highest BCUT2D eigenvalue weighted by atomic mass is 32.2. The van der Waals surface area contributed by atoms with Crippen LogP contribution in [0.5, 0.6) is 5.75 Å². The third-order valence-electron chi connectivity index (χ3n) is 5.24. The van der Waals surface area contributed by atoms with Gasteiger partial charge >= 0.3 is 16.8 Å². The Morgan fingerprint density at radius 3 is 2.44 bits per heavy atom. The number of nitrogens with one attached hydrogen (secondary N) is 1. The summed E-state index contributed by atoms with van der Waals surface area (Å²) in [5.41, 5.74) is 0.325. The number of methoxy groups -OCH3 is 2. The van der Waals surface area contributed by atoms with Gasteiger partial charge in [-0.2, -0.15) is 0 Å². The lowest BCUT2D eigenvalue weighted by Crippen LogP contribution is -2.23. The van der Waals surface area contributed by atoms with Crippen LogP contribution in [-0.2, 0) is 25.7 Å².